The van der Waals surface area contributed by atoms with Crippen LogP contribution >= 0.6 is 15.9 Å². The monoisotopic (exact) mass is 212 g/mol. The molecule has 0 aromatic rings. The van der Waals surface area contributed by atoms with Gasteiger partial charge in [-0.05, 0) is 6.92 Å². The van der Waals surface area contributed by atoms with Crippen LogP contribution in [-0.4, -0.2) is 34.9 Å². The standard InChI is InChI=1S/C6H10BrFO2/c1-3-5(7)6(9)4(2-8)10-3/h3-6,9H,2H2,1H3/t3-,4?,5+,6+/m0/s1. The molecule has 1 heterocycles. The smallest absolute Gasteiger partial charge is 0.118 e. The normalized spacial score (nSPS) is 48.0. The van der Waals surface area contributed by atoms with E-state index in [4.69, 9.17) is 4.74 Å². The summed E-state index contributed by atoms with van der Waals surface area (Å²) in [5.74, 6) is 0. The number of halogens is 2. The van der Waals surface area contributed by atoms with E-state index in [1.807, 2.05) is 0 Å². The lowest BCUT2D eigenvalue weighted by atomic mass is 10.1. The largest absolute Gasteiger partial charge is 0.389 e. The summed E-state index contributed by atoms with van der Waals surface area (Å²) in [5.41, 5.74) is 0. The topological polar surface area (TPSA) is 29.5 Å². The van der Waals surface area contributed by atoms with E-state index in [0.29, 0.717) is 0 Å². The fourth-order valence-corrected chi connectivity index (χ4v) is 1.51. The van der Waals surface area contributed by atoms with Crippen LogP contribution in [0.5, 0.6) is 0 Å². The van der Waals surface area contributed by atoms with Gasteiger partial charge in [-0.2, -0.15) is 0 Å². The number of ether oxygens (including phenoxy) is 1. The van der Waals surface area contributed by atoms with Crippen molar-refractivity contribution in [3.63, 3.8) is 0 Å². The van der Waals surface area contributed by atoms with Crippen molar-refractivity contribution in [1.82, 2.24) is 0 Å². The summed E-state index contributed by atoms with van der Waals surface area (Å²) in [5, 5.41) is 9.22. The Labute approximate surface area is 67.5 Å². The Bertz CT molecular complexity index is 122. The van der Waals surface area contributed by atoms with Gasteiger partial charge in [-0.15, -0.1) is 0 Å². The van der Waals surface area contributed by atoms with Crippen LogP contribution in [0.25, 0.3) is 0 Å². The Morgan fingerprint density at radius 1 is 1.70 bits per heavy atom. The zero-order chi connectivity index (χ0) is 7.72. The predicted octanol–water partition coefficient (Wildman–Crippen LogP) is 0.868. The van der Waals surface area contributed by atoms with E-state index in [1.165, 1.54) is 0 Å². The first-order valence-corrected chi connectivity index (χ1v) is 4.12. The van der Waals surface area contributed by atoms with Gasteiger partial charge >= 0.3 is 0 Å². The Kier molecular flexibility index (Phi) is 2.66. The molecule has 1 fully saturated rings. The quantitative estimate of drug-likeness (QED) is 0.655. The maximum absolute atomic E-state index is 12.0. The molecule has 1 aliphatic rings. The molecule has 10 heavy (non-hydrogen) atoms. The molecule has 1 saturated heterocycles. The van der Waals surface area contributed by atoms with E-state index in [1.54, 1.807) is 6.92 Å². The molecule has 1 rings (SSSR count). The molecule has 0 radical (unpaired) electrons. The highest BCUT2D eigenvalue weighted by atomic mass is 79.9. The molecule has 60 valence electrons. The van der Waals surface area contributed by atoms with Crippen LogP contribution in [0.4, 0.5) is 4.39 Å². The average Bonchev–Trinajstić information content (AvgIpc) is 2.17. The number of rotatable bonds is 1. The van der Waals surface area contributed by atoms with Crippen molar-refractivity contribution >= 4 is 15.9 Å². The molecule has 0 aliphatic carbocycles. The Morgan fingerprint density at radius 2 is 2.30 bits per heavy atom. The van der Waals surface area contributed by atoms with Gasteiger partial charge in [0.15, 0.2) is 0 Å². The lowest BCUT2D eigenvalue weighted by Crippen LogP contribution is -2.28. The van der Waals surface area contributed by atoms with Crippen LogP contribution < -0.4 is 0 Å². The summed E-state index contributed by atoms with van der Waals surface area (Å²) >= 11 is 3.21. The highest BCUT2D eigenvalue weighted by molar-refractivity contribution is 9.09. The minimum Gasteiger partial charge on any atom is -0.389 e. The zero-order valence-corrected chi connectivity index (χ0v) is 7.21. The third-order valence-corrected chi connectivity index (χ3v) is 2.98. The first kappa shape index (κ1) is 8.43. The fourth-order valence-electron chi connectivity index (χ4n) is 1.04. The maximum atomic E-state index is 12.0. The average molecular weight is 213 g/mol. The van der Waals surface area contributed by atoms with Crippen molar-refractivity contribution in [1.29, 1.82) is 0 Å². The van der Waals surface area contributed by atoms with Crippen LogP contribution in [0.15, 0.2) is 0 Å². The van der Waals surface area contributed by atoms with Crippen LogP contribution in [0.2, 0.25) is 0 Å². The third kappa shape index (κ3) is 1.33. The van der Waals surface area contributed by atoms with Gasteiger partial charge in [-0.1, -0.05) is 15.9 Å². The van der Waals surface area contributed by atoms with Crippen molar-refractivity contribution in [2.45, 2.75) is 30.1 Å². The van der Waals surface area contributed by atoms with Crippen LogP contribution in [0, 0.1) is 0 Å². The molecule has 4 atom stereocenters. The van der Waals surface area contributed by atoms with Gasteiger partial charge in [0.05, 0.1) is 17.0 Å². The van der Waals surface area contributed by atoms with Gasteiger partial charge in [-0.3, -0.25) is 0 Å². The molecule has 1 unspecified atom stereocenters. The van der Waals surface area contributed by atoms with E-state index in [0.717, 1.165) is 0 Å². The van der Waals surface area contributed by atoms with Crippen molar-refractivity contribution in [2.24, 2.45) is 0 Å². The van der Waals surface area contributed by atoms with E-state index in [2.05, 4.69) is 15.9 Å². The van der Waals surface area contributed by atoms with E-state index >= 15 is 0 Å². The van der Waals surface area contributed by atoms with Crippen LogP contribution in [0.1, 0.15) is 6.92 Å². The zero-order valence-electron chi connectivity index (χ0n) is 5.63. The first-order valence-electron chi connectivity index (χ1n) is 3.20. The first-order chi connectivity index (χ1) is 4.66. The summed E-state index contributed by atoms with van der Waals surface area (Å²) in [7, 11) is 0. The van der Waals surface area contributed by atoms with E-state index in [-0.39, 0.29) is 10.9 Å². The van der Waals surface area contributed by atoms with Crippen molar-refractivity contribution in [3.05, 3.63) is 0 Å². The molecule has 0 amide bonds. The van der Waals surface area contributed by atoms with Crippen molar-refractivity contribution < 1.29 is 14.2 Å². The number of aliphatic hydroxyl groups is 1. The van der Waals surface area contributed by atoms with E-state index < -0.39 is 18.9 Å². The maximum Gasteiger partial charge on any atom is 0.118 e. The van der Waals surface area contributed by atoms with E-state index in [9.17, 15) is 9.50 Å². The molecular formula is C6H10BrFO2. The van der Waals surface area contributed by atoms with Crippen LogP contribution in [-0.2, 0) is 4.74 Å². The molecule has 1 aliphatic heterocycles. The minimum atomic E-state index is -0.708. The molecule has 0 bridgehead atoms. The summed E-state index contributed by atoms with van der Waals surface area (Å²) in [6, 6.07) is 0. The lowest BCUT2D eigenvalue weighted by Gasteiger charge is -2.09. The molecule has 1 N–H and O–H groups in total. The van der Waals surface area contributed by atoms with Gasteiger partial charge in [0.2, 0.25) is 0 Å². The third-order valence-electron chi connectivity index (χ3n) is 1.70. The van der Waals surface area contributed by atoms with Gasteiger partial charge in [0.1, 0.15) is 12.8 Å². The molecular weight excluding hydrogens is 203 g/mol. The fraction of sp³-hybridized carbons (Fsp3) is 1.00. The second-order valence-corrected chi connectivity index (χ2v) is 3.53. The number of aliphatic hydroxyl groups excluding tert-OH is 1. The second kappa shape index (κ2) is 3.15. The van der Waals surface area contributed by atoms with Gasteiger partial charge in [-0.25, -0.2) is 4.39 Å². The molecule has 2 nitrogen and oxygen atoms in total. The number of hydrogen-bond acceptors (Lipinski definition) is 2. The predicted molar refractivity (Wildman–Crippen MR) is 39.0 cm³/mol. The summed E-state index contributed by atoms with van der Waals surface area (Å²) in [6.45, 7) is 1.19. The highest BCUT2D eigenvalue weighted by Gasteiger charge is 2.39. The van der Waals surface area contributed by atoms with Crippen LogP contribution in [0.3, 0.4) is 0 Å². The Morgan fingerprint density at radius 3 is 2.50 bits per heavy atom. The lowest BCUT2D eigenvalue weighted by molar-refractivity contribution is 0.00206. The van der Waals surface area contributed by atoms with Gasteiger partial charge < -0.3 is 9.84 Å². The Hall–Kier alpha value is 0.330. The second-order valence-electron chi connectivity index (χ2n) is 2.47. The molecule has 0 saturated carbocycles. The summed E-state index contributed by atoms with van der Waals surface area (Å²) in [6.07, 6.45) is -1.45. The van der Waals surface area contributed by atoms with Crippen molar-refractivity contribution in [2.75, 3.05) is 6.67 Å². The Balaban J connectivity index is 2.53. The van der Waals surface area contributed by atoms with Crippen molar-refractivity contribution in [3.8, 4) is 0 Å². The SMILES string of the molecule is C[C@@H]1OC(CF)[C@@H](O)[C@@H]1Br. The molecule has 4 heteroatoms. The number of alkyl halides is 2. The molecule has 0 spiro atoms. The molecule has 0 aromatic carbocycles. The van der Waals surface area contributed by atoms with Gasteiger partial charge in [0.25, 0.3) is 0 Å². The summed E-state index contributed by atoms with van der Waals surface area (Å²) < 4.78 is 17.1. The number of hydrogen-bond donors (Lipinski definition) is 1. The molecule has 0 aromatic heterocycles. The minimum absolute atomic E-state index is 0.101. The highest BCUT2D eigenvalue weighted by Crippen LogP contribution is 2.26. The summed E-state index contributed by atoms with van der Waals surface area (Å²) in [4.78, 5) is -0.131. The van der Waals surface area contributed by atoms with Gasteiger partial charge in [0, 0.05) is 0 Å².